The first kappa shape index (κ1) is 39.3. The Morgan fingerprint density at radius 1 is 0.860 bits per heavy atom. The average molecular weight is 840 g/mol. The van der Waals surface area contributed by atoms with Crippen LogP contribution in [0, 0.1) is 67.1 Å². The number of phenolic OH excluding ortho intramolecular Hbond substituents is 1. The molecular weight excluding hydrogens is 816 g/mol. The lowest BCUT2D eigenvalue weighted by Gasteiger charge is -2.50. The number of fused-ring (bicyclic) bond motifs is 4. The van der Waals surface area contributed by atoms with E-state index in [0.717, 1.165) is 24.1 Å². The normalized spacial score (nSPS) is 26.6. The number of rotatable bonds is 7. The van der Waals surface area contributed by atoms with Gasteiger partial charge in [-0.25, -0.2) is 31.8 Å². The number of amides is 4. The van der Waals surface area contributed by atoms with Crippen molar-refractivity contribution in [3.05, 3.63) is 96.9 Å². The molecule has 0 radical (unpaired) electrons. The summed E-state index contributed by atoms with van der Waals surface area (Å²) in [7, 11) is 3.74. The van der Waals surface area contributed by atoms with Gasteiger partial charge in [0.05, 0.1) is 34.5 Å². The Balaban J connectivity index is 1.43. The van der Waals surface area contributed by atoms with E-state index in [9.17, 15) is 57.7 Å². The molecule has 3 fully saturated rings. The van der Waals surface area contributed by atoms with Gasteiger partial charge in [0.1, 0.15) is 5.69 Å². The first-order valence-corrected chi connectivity index (χ1v) is 17.3. The van der Waals surface area contributed by atoms with Gasteiger partial charge in [0, 0.05) is 37.7 Å². The van der Waals surface area contributed by atoms with Crippen LogP contribution in [0.1, 0.15) is 24.3 Å². The number of hydrogen-bond acceptors (Lipinski definition) is 11. The van der Waals surface area contributed by atoms with Crippen molar-refractivity contribution >= 4 is 75.3 Å². The van der Waals surface area contributed by atoms with Crippen LogP contribution in [0.3, 0.4) is 0 Å². The summed E-state index contributed by atoms with van der Waals surface area (Å²) in [6.45, 7) is 0. The largest absolute Gasteiger partial charge is 0.504 e. The number of nitro groups is 2. The summed E-state index contributed by atoms with van der Waals surface area (Å²) in [5, 5.41) is 35.6. The van der Waals surface area contributed by atoms with Crippen molar-refractivity contribution in [3.63, 3.8) is 0 Å². The number of anilines is 3. The number of hydrogen-bond donors (Lipinski definition) is 1. The van der Waals surface area contributed by atoms with Crippen LogP contribution in [0.2, 0.25) is 0 Å². The average Bonchev–Trinajstić information content (AvgIpc) is 3.50. The van der Waals surface area contributed by atoms with E-state index < -0.39 is 137 Å². The summed E-state index contributed by atoms with van der Waals surface area (Å²) in [5.41, 5.74) is -4.99. The van der Waals surface area contributed by atoms with Gasteiger partial charge in [0.25, 0.3) is 11.8 Å². The van der Waals surface area contributed by atoms with Crippen LogP contribution in [0.25, 0.3) is 0 Å². The molecule has 0 unspecified atom stereocenters. The summed E-state index contributed by atoms with van der Waals surface area (Å²) in [4.78, 5) is 75.1. The van der Waals surface area contributed by atoms with E-state index in [0.29, 0.717) is 4.90 Å². The van der Waals surface area contributed by atoms with E-state index in [-0.39, 0.29) is 28.2 Å². The highest BCUT2D eigenvalue weighted by atomic mass is 35.5. The Labute approximate surface area is 326 Å². The molecule has 298 valence electrons. The zero-order valence-electron chi connectivity index (χ0n) is 29.2. The molecule has 3 aromatic carbocycles. The van der Waals surface area contributed by atoms with Gasteiger partial charge in [0.2, 0.25) is 17.6 Å². The second-order valence-electron chi connectivity index (χ2n) is 13.8. The molecule has 0 aromatic heterocycles. The van der Waals surface area contributed by atoms with Gasteiger partial charge in [-0.15, -0.1) is 23.2 Å². The van der Waals surface area contributed by atoms with E-state index in [2.05, 4.69) is 0 Å². The monoisotopic (exact) mass is 839 g/mol. The number of phenols is 1. The van der Waals surface area contributed by atoms with E-state index in [1.165, 1.54) is 38.4 Å². The number of para-hydroxylation sites is 1. The van der Waals surface area contributed by atoms with Crippen molar-refractivity contribution in [1.29, 1.82) is 0 Å². The molecule has 6 atom stereocenters. The quantitative estimate of drug-likeness (QED) is 0.0445. The van der Waals surface area contributed by atoms with Gasteiger partial charge in [-0.2, -0.15) is 0 Å². The molecule has 0 bridgehead atoms. The number of nitrogens with zero attached hydrogens (tertiary/aromatic N) is 5. The van der Waals surface area contributed by atoms with Crippen LogP contribution in [0.15, 0.2) is 42.0 Å². The van der Waals surface area contributed by atoms with Gasteiger partial charge >= 0.3 is 11.4 Å². The number of carbonyl (C=O) groups excluding carboxylic acids is 4. The molecule has 15 nitrogen and oxygen atoms in total. The molecule has 22 heteroatoms. The molecular formula is C35H24Cl2F5N5O10. The Kier molecular flexibility index (Phi) is 9.03. The zero-order chi connectivity index (χ0) is 42.0. The van der Waals surface area contributed by atoms with E-state index >= 15 is 8.78 Å². The molecule has 2 saturated heterocycles. The Hall–Kier alpha value is -5.89. The number of halogens is 7. The fourth-order valence-electron chi connectivity index (χ4n) is 8.56. The smallest absolute Gasteiger partial charge is 0.301 e. The van der Waals surface area contributed by atoms with Crippen LogP contribution in [-0.4, -0.2) is 69.5 Å². The molecule has 2 aliphatic heterocycles. The lowest BCUT2D eigenvalue weighted by molar-refractivity contribution is -0.392. The van der Waals surface area contributed by atoms with Crippen molar-refractivity contribution in [2.75, 3.05) is 35.9 Å². The number of nitro benzene ring substituents is 2. The van der Waals surface area contributed by atoms with Crippen LogP contribution in [-0.2, 0) is 19.2 Å². The summed E-state index contributed by atoms with van der Waals surface area (Å²) >= 11 is 14.2. The fraction of sp³-hybridized carbons (Fsp3) is 0.314. The van der Waals surface area contributed by atoms with Gasteiger partial charge in [-0.1, -0.05) is 23.8 Å². The second-order valence-corrected chi connectivity index (χ2v) is 15.1. The predicted octanol–water partition coefficient (Wildman–Crippen LogP) is 5.75. The number of benzene rings is 3. The molecule has 4 amide bonds. The summed E-state index contributed by atoms with van der Waals surface area (Å²) in [5.74, 6) is -25.5. The minimum atomic E-state index is -2.94. The fourth-order valence-corrected chi connectivity index (χ4v) is 9.49. The topological polar surface area (TPSA) is 194 Å². The maximum absolute atomic E-state index is 15.3. The highest BCUT2D eigenvalue weighted by Gasteiger charge is 2.77. The first-order valence-electron chi connectivity index (χ1n) is 16.5. The maximum Gasteiger partial charge on any atom is 0.301 e. The van der Waals surface area contributed by atoms with Crippen molar-refractivity contribution in [3.8, 4) is 11.5 Å². The van der Waals surface area contributed by atoms with Gasteiger partial charge in [-0.3, -0.25) is 39.4 Å². The predicted molar refractivity (Wildman–Crippen MR) is 188 cm³/mol. The lowest BCUT2D eigenvalue weighted by Crippen LogP contribution is -2.60. The SMILES string of the molecule is COc1cccc([C@H]2C3=CC[C@@H]4C(=O)N(c5cc([N+](=O)[O-])c(N(C)C)c([N+](=O)[O-])c5)C(=O)[C@@H]4[C@@H]3C[C@@]3(Cl)C(=O)N(c4c(F)c(F)c(F)c(F)c4F)C(=O)[C@@]23Cl)c1O. The number of imide groups is 2. The standard InChI is InChI=1S/C35H24Cl2F5N5O10/c1-43(2)27-17(46(53)54)9-12(10-18(27)47(55)56)44-30(49)14-8-7-13-16(20(14)31(44)50)11-34(36)32(51)45(28-25(41)23(39)22(38)24(40)26(28)42)33(52)35(34,37)21(13)15-5-4-6-19(57-3)29(15)48/h4-7,9-10,14,16,20-21,48H,8,11H2,1-3H3/t14-,16+,20-,21+,34+,35-/m0/s1. The Morgan fingerprint density at radius 2 is 1.42 bits per heavy atom. The molecule has 3 aromatic rings. The summed E-state index contributed by atoms with van der Waals surface area (Å²) < 4.78 is 78.9. The molecule has 57 heavy (non-hydrogen) atoms. The minimum Gasteiger partial charge on any atom is -0.504 e. The summed E-state index contributed by atoms with van der Waals surface area (Å²) in [6, 6.07) is 5.37. The van der Waals surface area contributed by atoms with Crippen molar-refractivity contribution in [2.45, 2.75) is 28.5 Å². The molecule has 2 heterocycles. The number of allylic oxidation sites excluding steroid dienone is 2. The van der Waals surface area contributed by atoms with Crippen molar-refractivity contribution < 1.29 is 60.8 Å². The maximum atomic E-state index is 15.3. The molecule has 1 saturated carbocycles. The third kappa shape index (κ3) is 5.08. The van der Waals surface area contributed by atoms with E-state index in [1.807, 2.05) is 0 Å². The van der Waals surface area contributed by atoms with E-state index in [1.54, 1.807) is 0 Å². The highest BCUT2D eigenvalue weighted by molar-refractivity contribution is 6.58. The molecule has 4 aliphatic rings. The van der Waals surface area contributed by atoms with Crippen LogP contribution < -0.4 is 19.4 Å². The number of aromatic hydroxyl groups is 1. The van der Waals surface area contributed by atoms with Crippen LogP contribution in [0.5, 0.6) is 11.5 Å². The van der Waals surface area contributed by atoms with Crippen LogP contribution in [0.4, 0.5) is 50.4 Å². The Morgan fingerprint density at radius 3 is 1.95 bits per heavy atom. The number of methoxy groups -OCH3 is 1. The van der Waals surface area contributed by atoms with Crippen molar-refractivity contribution in [2.24, 2.45) is 17.8 Å². The zero-order valence-corrected chi connectivity index (χ0v) is 30.7. The third-order valence-electron chi connectivity index (χ3n) is 10.9. The number of carbonyl (C=O) groups is 4. The van der Waals surface area contributed by atoms with Crippen molar-refractivity contribution in [1.82, 2.24) is 0 Å². The Bertz CT molecular complexity index is 2390. The molecule has 1 N–H and O–H groups in total. The number of alkyl halides is 2. The first-order chi connectivity index (χ1) is 26.7. The summed E-state index contributed by atoms with van der Waals surface area (Å²) in [6.07, 6.45) is 0.129. The second kappa shape index (κ2) is 13.1. The van der Waals surface area contributed by atoms with Gasteiger partial charge in [0.15, 0.2) is 50.2 Å². The van der Waals surface area contributed by atoms with Gasteiger partial charge < -0.3 is 14.7 Å². The van der Waals surface area contributed by atoms with E-state index in [4.69, 9.17) is 27.9 Å². The number of ether oxygens (including phenoxy) is 1. The minimum absolute atomic E-state index is 0.0191. The molecule has 2 aliphatic carbocycles. The van der Waals surface area contributed by atoms with Crippen LogP contribution >= 0.6 is 23.2 Å². The lowest BCUT2D eigenvalue weighted by atomic mass is 9.56. The highest BCUT2D eigenvalue weighted by Crippen LogP contribution is 2.67. The molecule has 0 spiro atoms. The van der Waals surface area contributed by atoms with Gasteiger partial charge in [-0.05, 0) is 24.8 Å². The molecule has 7 rings (SSSR count). The third-order valence-corrected chi connectivity index (χ3v) is 12.3.